The van der Waals surface area contributed by atoms with Gasteiger partial charge in [-0.2, -0.15) is 0 Å². The summed E-state index contributed by atoms with van der Waals surface area (Å²) >= 11 is 0. The molecule has 4 rings (SSSR count). The van der Waals surface area contributed by atoms with Gasteiger partial charge in [0, 0.05) is 24.9 Å². The number of amides is 2. The summed E-state index contributed by atoms with van der Waals surface area (Å²) in [4.78, 5) is 12.4. The molecule has 7 nitrogen and oxygen atoms in total. The van der Waals surface area contributed by atoms with Gasteiger partial charge in [-0.05, 0) is 31.2 Å². The molecular formula is C18H25N5O2. The van der Waals surface area contributed by atoms with Crippen LogP contribution in [-0.4, -0.2) is 20.8 Å². The van der Waals surface area contributed by atoms with Gasteiger partial charge in [-0.25, -0.2) is 4.79 Å². The highest BCUT2D eigenvalue weighted by Gasteiger charge is 2.35. The second-order valence-electron chi connectivity index (χ2n) is 7.95. The molecule has 2 aromatic heterocycles. The van der Waals surface area contributed by atoms with E-state index in [9.17, 15) is 4.79 Å². The van der Waals surface area contributed by atoms with E-state index in [0.29, 0.717) is 6.54 Å². The highest BCUT2D eigenvalue weighted by molar-refractivity contribution is 5.74. The van der Waals surface area contributed by atoms with E-state index in [0.717, 1.165) is 61.0 Å². The average molecular weight is 343 g/mol. The minimum Gasteiger partial charge on any atom is -0.466 e. The van der Waals surface area contributed by atoms with Crippen LogP contribution in [0.5, 0.6) is 0 Å². The Balaban J connectivity index is 1.42. The first kappa shape index (κ1) is 16.2. The van der Waals surface area contributed by atoms with Crippen LogP contribution in [0.1, 0.15) is 61.5 Å². The molecule has 0 fully saturated rings. The number of hydrogen-bond donors (Lipinski definition) is 2. The average Bonchev–Trinajstić information content (AvgIpc) is 3.19. The monoisotopic (exact) mass is 343 g/mol. The molecule has 134 valence electrons. The molecule has 0 saturated carbocycles. The Morgan fingerprint density at radius 3 is 3.12 bits per heavy atom. The number of aryl methyl sites for hydroxylation is 2. The molecule has 1 aliphatic carbocycles. The molecular weight excluding hydrogens is 318 g/mol. The number of rotatable bonds is 3. The Morgan fingerprint density at radius 2 is 2.28 bits per heavy atom. The van der Waals surface area contributed by atoms with Gasteiger partial charge in [0.05, 0.1) is 12.6 Å². The molecule has 25 heavy (non-hydrogen) atoms. The fraction of sp³-hybridized carbons (Fsp3) is 0.611. The Bertz CT molecular complexity index is 804. The summed E-state index contributed by atoms with van der Waals surface area (Å²) in [5, 5.41) is 14.4. The molecule has 2 N–H and O–H groups in total. The Hall–Kier alpha value is -2.31. The first-order valence-electron chi connectivity index (χ1n) is 8.96. The molecule has 3 heterocycles. The maximum Gasteiger partial charge on any atom is 0.315 e. The van der Waals surface area contributed by atoms with E-state index in [-0.39, 0.29) is 17.5 Å². The van der Waals surface area contributed by atoms with Crippen LogP contribution < -0.4 is 10.6 Å². The van der Waals surface area contributed by atoms with Crippen LogP contribution in [0.2, 0.25) is 0 Å². The van der Waals surface area contributed by atoms with Gasteiger partial charge in [-0.15, -0.1) is 10.2 Å². The van der Waals surface area contributed by atoms with E-state index in [2.05, 4.69) is 39.2 Å². The van der Waals surface area contributed by atoms with Gasteiger partial charge in [-0.1, -0.05) is 13.8 Å². The zero-order valence-electron chi connectivity index (χ0n) is 15.1. The van der Waals surface area contributed by atoms with Crippen molar-refractivity contribution in [2.24, 2.45) is 5.41 Å². The first-order valence-corrected chi connectivity index (χ1v) is 8.96. The zero-order valence-corrected chi connectivity index (χ0v) is 15.1. The normalized spacial score (nSPS) is 20.8. The number of nitrogens with one attached hydrogen (secondary N) is 2. The van der Waals surface area contributed by atoms with Crippen molar-refractivity contribution in [2.75, 3.05) is 0 Å². The lowest BCUT2D eigenvalue weighted by atomic mass is 9.75. The van der Waals surface area contributed by atoms with E-state index in [1.807, 2.05) is 13.0 Å². The van der Waals surface area contributed by atoms with Crippen LogP contribution in [-0.2, 0) is 25.9 Å². The lowest BCUT2D eigenvalue weighted by Gasteiger charge is -2.34. The first-order chi connectivity index (χ1) is 11.9. The molecule has 1 aliphatic heterocycles. The van der Waals surface area contributed by atoms with Crippen LogP contribution in [0, 0.1) is 12.3 Å². The van der Waals surface area contributed by atoms with Crippen LogP contribution in [0.4, 0.5) is 4.79 Å². The third-order valence-electron chi connectivity index (χ3n) is 5.13. The zero-order chi connectivity index (χ0) is 17.6. The summed E-state index contributed by atoms with van der Waals surface area (Å²) in [6, 6.07) is 1.84. The molecule has 2 amide bonds. The van der Waals surface area contributed by atoms with E-state index in [4.69, 9.17) is 4.42 Å². The van der Waals surface area contributed by atoms with Crippen molar-refractivity contribution in [3.8, 4) is 0 Å². The highest BCUT2D eigenvalue weighted by atomic mass is 16.3. The standard InChI is InChI=1S/C18H25N5O2/c1-11-7-12-13(8-18(2,3)9-14(12)25-11)20-17(24)19-10-16-22-21-15-5-4-6-23(15)16/h7,13H,4-6,8-10H2,1-3H3,(H2,19,20,24)/t13-/m0/s1. The summed E-state index contributed by atoms with van der Waals surface area (Å²) in [5.41, 5.74) is 1.21. The van der Waals surface area contributed by atoms with Crippen molar-refractivity contribution in [1.29, 1.82) is 0 Å². The summed E-state index contributed by atoms with van der Waals surface area (Å²) < 4.78 is 7.93. The molecule has 0 radical (unpaired) electrons. The summed E-state index contributed by atoms with van der Waals surface area (Å²) in [6.07, 6.45) is 3.87. The van der Waals surface area contributed by atoms with Crippen molar-refractivity contribution in [2.45, 2.75) is 65.6 Å². The van der Waals surface area contributed by atoms with Crippen LogP contribution in [0.25, 0.3) is 0 Å². The van der Waals surface area contributed by atoms with E-state index in [1.165, 1.54) is 0 Å². The molecule has 0 aromatic carbocycles. The Morgan fingerprint density at radius 1 is 1.44 bits per heavy atom. The SMILES string of the molecule is Cc1cc2c(o1)CC(C)(C)C[C@@H]2NC(=O)NCc1nnc2n1CCC2. The topological polar surface area (TPSA) is 85.0 Å². The molecule has 0 spiro atoms. The van der Waals surface area contributed by atoms with Crippen molar-refractivity contribution in [3.63, 3.8) is 0 Å². The van der Waals surface area contributed by atoms with Gasteiger partial charge >= 0.3 is 6.03 Å². The van der Waals surface area contributed by atoms with Crippen LogP contribution in [0.15, 0.2) is 10.5 Å². The number of nitrogens with zero attached hydrogens (tertiary/aromatic N) is 3. The van der Waals surface area contributed by atoms with Crippen LogP contribution >= 0.6 is 0 Å². The summed E-state index contributed by atoms with van der Waals surface area (Å²) in [7, 11) is 0. The number of fused-ring (bicyclic) bond motifs is 2. The predicted octanol–water partition coefficient (Wildman–Crippen LogP) is 2.64. The van der Waals surface area contributed by atoms with Gasteiger partial charge in [0.1, 0.15) is 17.3 Å². The summed E-state index contributed by atoms with van der Waals surface area (Å²) in [6.45, 7) is 7.70. The molecule has 0 saturated heterocycles. The number of furan rings is 1. The molecule has 0 bridgehead atoms. The van der Waals surface area contributed by atoms with Gasteiger partial charge in [0.2, 0.25) is 0 Å². The molecule has 7 heteroatoms. The van der Waals surface area contributed by atoms with Crippen molar-refractivity contribution in [1.82, 2.24) is 25.4 Å². The smallest absolute Gasteiger partial charge is 0.315 e. The maximum atomic E-state index is 12.4. The third-order valence-corrected chi connectivity index (χ3v) is 5.13. The van der Waals surface area contributed by atoms with Gasteiger partial charge < -0.3 is 19.6 Å². The Labute approximate surface area is 147 Å². The lowest BCUT2D eigenvalue weighted by molar-refractivity contribution is 0.214. The number of urea groups is 1. The van der Waals surface area contributed by atoms with Crippen LogP contribution in [0.3, 0.4) is 0 Å². The molecule has 1 atom stereocenters. The second-order valence-corrected chi connectivity index (χ2v) is 7.95. The number of carbonyl (C=O) groups excluding carboxylic acids is 1. The Kier molecular flexibility index (Phi) is 3.81. The van der Waals surface area contributed by atoms with Crippen molar-refractivity contribution < 1.29 is 9.21 Å². The molecule has 2 aromatic rings. The van der Waals surface area contributed by atoms with Gasteiger partial charge in [0.15, 0.2) is 5.82 Å². The molecule has 2 aliphatic rings. The summed E-state index contributed by atoms with van der Waals surface area (Å²) in [5.74, 6) is 3.74. The number of hydrogen-bond acceptors (Lipinski definition) is 4. The predicted molar refractivity (Wildman–Crippen MR) is 92.0 cm³/mol. The lowest BCUT2D eigenvalue weighted by Crippen LogP contribution is -2.41. The minimum absolute atomic E-state index is 0.0275. The fourth-order valence-electron chi connectivity index (χ4n) is 4.02. The quantitative estimate of drug-likeness (QED) is 0.897. The number of aromatic nitrogens is 3. The van der Waals surface area contributed by atoms with E-state index in [1.54, 1.807) is 0 Å². The van der Waals surface area contributed by atoms with Crippen molar-refractivity contribution >= 4 is 6.03 Å². The largest absolute Gasteiger partial charge is 0.466 e. The van der Waals surface area contributed by atoms with Crippen molar-refractivity contribution in [3.05, 3.63) is 34.8 Å². The third kappa shape index (κ3) is 3.15. The van der Waals surface area contributed by atoms with E-state index >= 15 is 0 Å². The highest BCUT2D eigenvalue weighted by Crippen LogP contribution is 2.41. The maximum absolute atomic E-state index is 12.4. The van der Waals surface area contributed by atoms with E-state index < -0.39 is 0 Å². The van der Waals surface area contributed by atoms with Gasteiger partial charge in [0.25, 0.3) is 0 Å². The second kappa shape index (κ2) is 5.89. The minimum atomic E-state index is -0.178. The van der Waals surface area contributed by atoms with Gasteiger partial charge in [-0.3, -0.25) is 0 Å². The fourth-order valence-corrected chi connectivity index (χ4v) is 4.02. The number of carbonyl (C=O) groups is 1. The molecule has 0 unspecified atom stereocenters.